The van der Waals surface area contributed by atoms with Crippen LogP contribution >= 0.6 is 11.6 Å². The number of nitrogen functional groups attached to an aromatic ring is 1. The summed E-state index contributed by atoms with van der Waals surface area (Å²) in [5.41, 5.74) is 10.6. The Labute approximate surface area is 301 Å². The monoisotopic (exact) mass is 704 g/mol. The van der Waals surface area contributed by atoms with Crippen LogP contribution in [0.3, 0.4) is 0 Å². The Morgan fingerprint density at radius 2 is 1.58 bits per heavy atom. The molecule has 7 rings (SSSR count). The zero-order chi connectivity index (χ0) is 34.9. The number of hydrogen-bond acceptors (Lipinski definition) is 6. The second kappa shape index (κ2) is 15.0. The molecule has 4 N–H and O–H groups in total. The lowest BCUT2D eigenvalue weighted by molar-refractivity contribution is -0.135. The number of nitrogens with two attached hydrogens (primary N) is 1. The first-order valence-corrected chi connectivity index (χ1v) is 19.1. The molecule has 3 atom stereocenters. The third-order valence-corrected chi connectivity index (χ3v) is 12.5. The number of para-hydroxylation sites is 1. The number of likely N-dealkylation sites (N-methyl/N-ethyl adjacent to an activating group) is 1. The number of fused-ring (bicyclic) bond motifs is 3. The van der Waals surface area contributed by atoms with Crippen molar-refractivity contribution in [2.45, 2.75) is 94.9 Å². The first-order valence-electron chi connectivity index (χ1n) is 18.7. The van der Waals surface area contributed by atoms with E-state index in [0.29, 0.717) is 80.8 Å². The molecule has 2 unspecified atom stereocenters. The van der Waals surface area contributed by atoms with Crippen molar-refractivity contribution in [3.05, 3.63) is 58.1 Å². The number of nitrogens with zero attached hydrogens (tertiary/aromatic N) is 5. The van der Waals surface area contributed by atoms with Gasteiger partial charge in [0.15, 0.2) is 0 Å². The van der Waals surface area contributed by atoms with Crippen LogP contribution in [0.25, 0.3) is 0 Å². The number of likely N-dealkylation sites (tertiary alicyclic amines) is 3. The lowest BCUT2D eigenvalue weighted by Crippen LogP contribution is -2.59. The molecule has 4 saturated heterocycles. The molecular formula is C38H53ClN8O3. The lowest BCUT2D eigenvalue weighted by Gasteiger charge is -2.45. The van der Waals surface area contributed by atoms with Crippen LogP contribution in [0.1, 0.15) is 62.1 Å². The molecular weight excluding hydrogens is 652 g/mol. The Hall–Kier alpha value is -3.54. The molecule has 5 aliphatic heterocycles. The second-order valence-electron chi connectivity index (χ2n) is 15.0. The van der Waals surface area contributed by atoms with Crippen LogP contribution in [-0.2, 0) is 24.1 Å². The van der Waals surface area contributed by atoms with Crippen molar-refractivity contribution in [3.8, 4) is 0 Å². The van der Waals surface area contributed by atoms with Gasteiger partial charge in [0.05, 0.1) is 10.7 Å². The van der Waals surface area contributed by atoms with Gasteiger partial charge >= 0.3 is 12.1 Å². The van der Waals surface area contributed by atoms with Crippen molar-refractivity contribution in [3.63, 3.8) is 0 Å². The molecule has 0 aromatic heterocycles. The molecule has 5 amide bonds. The van der Waals surface area contributed by atoms with E-state index in [1.165, 1.54) is 12.8 Å². The number of piperidine rings is 2. The predicted molar refractivity (Wildman–Crippen MR) is 197 cm³/mol. The van der Waals surface area contributed by atoms with Gasteiger partial charge in [0.25, 0.3) is 0 Å². The van der Waals surface area contributed by atoms with Crippen molar-refractivity contribution >= 4 is 40.9 Å². The summed E-state index contributed by atoms with van der Waals surface area (Å²) < 4.78 is 0. The number of hydrogen-bond donors (Lipinski definition) is 3. The van der Waals surface area contributed by atoms with E-state index in [4.69, 9.17) is 17.3 Å². The zero-order valence-electron chi connectivity index (χ0n) is 29.6. The van der Waals surface area contributed by atoms with Gasteiger partial charge in [0, 0.05) is 82.1 Å². The van der Waals surface area contributed by atoms with E-state index in [0.717, 1.165) is 61.2 Å². The number of nitrogens with one attached hydrogen (secondary N) is 2. The summed E-state index contributed by atoms with van der Waals surface area (Å²) in [7, 11) is 2.27. The van der Waals surface area contributed by atoms with Crippen molar-refractivity contribution < 1.29 is 14.4 Å². The van der Waals surface area contributed by atoms with Gasteiger partial charge < -0.3 is 31.1 Å². The molecule has 50 heavy (non-hydrogen) atoms. The Morgan fingerprint density at radius 3 is 2.28 bits per heavy atom. The van der Waals surface area contributed by atoms with E-state index >= 15 is 0 Å². The minimum atomic E-state index is -0.726. The molecule has 0 radical (unpaired) electrons. The Morgan fingerprint density at radius 1 is 0.920 bits per heavy atom. The molecule has 2 aromatic carbocycles. The third-order valence-electron chi connectivity index (χ3n) is 12.2. The summed E-state index contributed by atoms with van der Waals surface area (Å²) in [5.74, 6) is -0.0445. The molecule has 4 fully saturated rings. The van der Waals surface area contributed by atoms with Gasteiger partial charge in [0.2, 0.25) is 5.91 Å². The fourth-order valence-corrected chi connectivity index (χ4v) is 9.32. The number of benzene rings is 2. The number of anilines is 2. The summed E-state index contributed by atoms with van der Waals surface area (Å²) in [6.07, 6.45) is 7.69. The van der Waals surface area contributed by atoms with E-state index in [1.54, 1.807) is 4.90 Å². The van der Waals surface area contributed by atoms with Crippen LogP contribution in [-0.4, -0.2) is 126 Å². The van der Waals surface area contributed by atoms with Crippen LogP contribution in [0.5, 0.6) is 0 Å². The van der Waals surface area contributed by atoms with E-state index < -0.39 is 6.04 Å². The maximum atomic E-state index is 14.3. The number of piperazine rings is 1. The van der Waals surface area contributed by atoms with Crippen LogP contribution < -0.4 is 16.4 Å². The van der Waals surface area contributed by atoms with Gasteiger partial charge in [-0.05, 0) is 87.2 Å². The number of rotatable bonds is 7. The lowest BCUT2D eigenvalue weighted by atomic mass is 9.97. The maximum absolute atomic E-state index is 14.3. The predicted octanol–water partition coefficient (Wildman–Crippen LogP) is 4.43. The van der Waals surface area contributed by atoms with Crippen LogP contribution in [0.2, 0.25) is 5.02 Å². The average molecular weight is 705 g/mol. The molecule has 270 valence electrons. The first kappa shape index (κ1) is 34.9. The summed E-state index contributed by atoms with van der Waals surface area (Å²) >= 11 is 6.53. The van der Waals surface area contributed by atoms with Gasteiger partial charge in [-0.3, -0.25) is 14.6 Å². The van der Waals surface area contributed by atoms with Crippen molar-refractivity contribution in [2.75, 3.05) is 63.9 Å². The van der Waals surface area contributed by atoms with Gasteiger partial charge in [-0.15, -0.1) is 0 Å². The fraction of sp³-hybridized carbons (Fsp3) is 0.605. The second-order valence-corrected chi connectivity index (χ2v) is 15.4. The summed E-state index contributed by atoms with van der Waals surface area (Å²) in [5, 5.41) is 6.69. The van der Waals surface area contributed by atoms with E-state index in [-0.39, 0.29) is 24.0 Å². The zero-order valence-corrected chi connectivity index (χ0v) is 30.3. The average Bonchev–Trinajstić information content (AvgIpc) is 3.27. The molecule has 2 aromatic rings. The molecule has 5 aliphatic rings. The van der Waals surface area contributed by atoms with Gasteiger partial charge in [-0.1, -0.05) is 42.8 Å². The quantitative estimate of drug-likeness (QED) is 0.368. The van der Waals surface area contributed by atoms with Crippen LogP contribution in [0, 0.1) is 0 Å². The minimum absolute atomic E-state index is 0.0445. The number of aryl methyl sites for hydroxylation is 1. The van der Waals surface area contributed by atoms with Crippen LogP contribution in [0.15, 0.2) is 36.4 Å². The van der Waals surface area contributed by atoms with E-state index in [2.05, 4.69) is 33.5 Å². The standard InChI is InChI=1S/C38H53ClN8O3/c1-3-26-20-25(21-32(39)35(26)40)22-34(36(48)44-15-11-28(12-16-44)46-23-30-8-9-31(24-46)43(30)2)42-37(49)45-17-13-29(14-18-45)47-19-10-27-6-4-5-7-33(27)41-38(47)50/h4-7,20-21,28-31,34H,3,8-19,22-24,40H2,1-2H3,(H,41,50)(H,42,49)/t30?,31?,34-/m1/s1. The van der Waals surface area contributed by atoms with Gasteiger partial charge in [0.1, 0.15) is 6.04 Å². The van der Waals surface area contributed by atoms with Crippen LogP contribution in [0.4, 0.5) is 21.0 Å². The SMILES string of the molecule is CCc1cc(C[C@@H](NC(=O)N2CCC(N3CCc4ccccc4NC3=O)CC2)C(=O)N2CCC(N3CC4CCC(C3)N4C)CC2)cc(Cl)c1N. The molecule has 11 nitrogen and oxygen atoms in total. The number of urea groups is 2. The molecule has 12 heteroatoms. The highest BCUT2D eigenvalue weighted by Gasteiger charge is 2.41. The first-order chi connectivity index (χ1) is 24.2. The van der Waals surface area contributed by atoms with Crippen molar-refractivity contribution in [1.29, 1.82) is 0 Å². The summed E-state index contributed by atoms with van der Waals surface area (Å²) in [4.78, 5) is 52.1. The van der Waals surface area contributed by atoms with E-state index in [9.17, 15) is 14.4 Å². The number of halogens is 1. The Bertz CT molecular complexity index is 1560. The van der Waals surface area contributed by atoms with Crippen molar-refractivity contribution in [2.24, 2.45) is 0 Å². The molecule has 0 aliphatic carbocycles. The number of carbonyl (C=O) groups is 3. The van der Waals surface area contributed by atoms with Gasteiger partial charge in [-0.2, -0.15) is 0 Å². The molecule has 0 saturated carbocycles. The minimum Gasteiger partial charge on any atom is -0.397 e. The normalized spacial score (nSPS) is 24.5. The fourth-order valence-electron chi connectivity index (χ4n) is 9.06. The Balaban J connectivity index is 0.991. The smallest absolute Gasteiger partial charge is 0.322 e. The highest BCUT2D eigenvalue weighted by Crippen LogP contribution is 2.32. The molecule has 5 heterocycles. The summed E-state index contributed by atoms with van der Waals surface area (Å²) in [6.45, 7) is 7.32. The third kappa shape index (κ3) is 7.27. The van der Waals surface area contributed by atoms with Crippen molar-refractivity contribution in [1.82, 2.24) is 29.8 Å². The number of carbonyl (C=O) groups excluding carboxylic acids is 3. The maximum Gasteiger partial charge on any atom is 0.322 e. The topological polar surface area (TPSA) is 117 Å². The largest absolute Gasteiger partial charge is 0.397 e. The highest BCUT2D eigenvalue weighted by molar-refractivity contribution is 6.33. The molecule has 2 bridgehead atoms. The Kier molecular flexibility index (Phi) is 10.5. The number of amides is 5. The highest BCUT2D eigenvalue weighted by atomic mass is 35.5. The molecule has 0 spiro atoms. The van der Waals surface area contributed by atoms with E-state index in [1.807, 2.05) is 47.1 Å². The summed E-state index contributed by atoms with van der Waals surface area (Å²) in [6, 6.07) is 12.6. The van der Waals surface area contributed by atoms with Gasteiger partial charge in [-0.25, -0.2) is 9.59 Å².